The Morgan fingerprint density at radius 3 is 2.47 bits per heavy atom. The lowest BCUT2D eigenvalue weighted by molar-refractivity contribution is -0.151. The number of aliphatic hydroxyl groups is 1. The highest BCUT2D eigenvalue weighted by Gasteiger charge is 2.52. The van der Waals surface area contributed by atoms with Gasteiger partial charge in [0.2, 0.25) is 0 Å². The Morgan fingerprint density at radius 1 is 1.10 bits per heavy atom. The molecule has 0 amide bonds. The van der Waals surface area contributed by atoms with Crippen molar-refractivity contribution in [3.63, 3.8) is 0 Å². The van der Waals surface area contributed by atoms with Crippen LogP contribution < -0.4 is 4.74 Å². The molecule has 2 bridgehead atoms. The Hall–Kier alpha value is -1.91. The summed E-state index contributed by atoms with van der Waals surface area (Å²) in [5.41, 5.74) is 5.51. The standard InChI is InChI=1S/C26H34N2O2/c1-18-7-6-12-27-25(18)26(29)22-10-5-11-23(26)17-28(16-22)15-21-13-19-8-3-4-9-20(19)14-24(21)30-2/h6-7,12-14,22-23,29H,3-5,8-11,15-17H2,1-2H3. The summed E-state index contributed by atoms with van der Waals surface area (Å²) in [6, 6.07) is 8.73. The highest BCUT2D eigenvalue weighted by Crippen LogP contribution is 2.49. The molecular formula is C26H34N2O2. The Bertz CT molecular complexity index is 911. The lowest BCUT2D eigenvalue weighted by Gasteiger charge is -2.53. The number of methoxy groups -OCH3 is 1. The summed E-state index contributed by atoms with van der Waals surface area (Å²) in [6.45, 7) is 4.83. The van der Waals surface area contributed by atoms with Gasteiger partial charge in [0.25, 0.3) is 0 Å². The van der Waals surface area contributed by atoms with E-state index in [9.17, 15) is 5.11 Å². The van der Waals surface area contributed by atoms with Crippen LogP contribution in [0, 0.1) is 18.8 Å². The van der Waals surface area contributed by atoms with Crippen LogP contribution >= 0.6 is 0 Å². The normalized spacial score (nSPS) is 28.8. The van der Waals surface area contributed by atoms with Crippen LogP contribution in [-0.2, 0) is 25.0 Å². The van der Waals surface area contributed by atoms with E-state index in [1.54, 1.807) is 7.11 Å². The Balaban J connectivity index is 1.41. The maximum atomic E-state index is 11.9. The first kappa shape index (κ1) is 20.0. The van der Waals surface area contributed by atoms with Crippen LogP contribution in [0.5, 0.6) is 5.75 Å². The van der Waals surface area contributed by atoms with Crippen molar-refractivity contribution in [3.8, 4) is 5.75 Å². The molecule has 160 valence electrons. The molecule has 1 aliphatic heterocycles. The quantitative estimate of drug-likeness (QED) is 0.818. The average Bonchev–Trinajstić information content (AvgIpc) is 2.74. The van der Waals surface area contributed by atoms with Crippen LogP contribution in [0.25, 0.3) is 0 Å². The van der Waals surface area contributed by atoms with Crippen molar-refractivity contribution < 1.29 is 9.84 Å². The van der Waals surface area contributed by atoms with E-state index < -0.39 is 5.60 Å². The van der Waals surface area contributed by atoms with E-state index in [2.05, 4.69) is 35.0 Å². The van der Waals surface area contributed by atoms with Crippen LogP contribution in [0.3, 0.4) is 0 Å². The molecule has 4 heteroatoms. The molecule has 0 radical (unpaired) electrons. The molecular weight excluding hydrogens is 372 g/mol. The van der Waals surface area contributed by atoms with E-state index in [1.807, 2.05) is 12.3 Å². The van der Waals surface area contributed by atoms with Crippen molar-refractivity contribution in [1.82, 2.24) is 9.88 Å². The van der Waals surface area contributed by atoms with E-state index in [-0.39, 0.29) is 11.8 Å². The zero-order valence-corrected chi connectivity index (χ0v) is 18.4. The number of likely N-dealkylation sites (tertiary alicyclic amines) is 1. The summed E-state index contributed by atoms with van der Waals surface area (Å²) in [5.74, 6) is 1.51. The summed E-state index contributed by atoms with van der Waals surface area (Å²) < 4.78 is 5.79. The van der Waals surface area contributed by atoms with Gasteiger partial charge in [-0.15, -0.1) is 0 Å². The topological polar surface area (TPSA) is 45.6 Å². The molecule has 1 saturated carbocycles. The van der Waals surface area contributed by atoms with Gasteiger partial charge in [0.1, 0.15) is 11.4 Å². The van der Waals surface area contributed by atoms with Gasteiger partial charge in [-0.25, -0.2) is 0 Å². The molecule has 30 heavy (non-hydrogen) atoms. The third kappa shape index (κ3) is 3.34. The molecule has 2 atom stereocenters. The summed E-state index contributed by atoms with van der Waals surface area (Å²) in [6.07, 6.45) is 10.1. The van der Waals surface area contributed by atoms with Gasteiger partial charge in [-0.3, -0.25) is 9.88 Å². The number of ether oxygens (including phenoxy) is 1. The molecule has 1 saturated heterocycles. The van der Waals surface area contributed by atoms with Crippen LogP contribution in [0.1, 0.15) is 60.1 Å². The van der Waals surface area contributed by atoms with E-state index in [0.717, 1.165) is 49.5 Å². The predicted octanol–water partition coefficient (Wildman–Crippen LogP) is 4.40. The monoisotopic (exact) mass is 406 g/mol. The van der Waals surface area contributed by atoms with Crippen molar-refractivity contribution in [1.29, 1.82) is 0 Å². The van der Waals surface area contributed by atoms with Gasteiger partial charge in [-0.05, 0) is 74.3 Å². The number of aromatic nitrogens is 1. The molecule has 1 aromatic heterocycles. The summed E-state index contributed by atoms with van der Waals surface area (Å²) in [4.78, 5) is 7.20. The zero-order chi connectivity index (χ0) is 20.7. The number of nitrogens with zero attached hydrogens (tertiary/aromatic N) is 2. The fourth-order valence-corrected chi connectivity index (χ4v) is 6.33. The number of hydrogen-bond donors (Lipinski definition) is 1. The summed E-state index contributed by atoms with van der Waals surface area (Å²) in [5, 5.41) is 11.9. The molecule has 4 nitrogen and oxygen atoms in total. The molecule has 2 aromatic rings. The maximum Gasteiger partial charge on any atom is 0.123 e. The second kappa shape index (κ2) is 7.97. The largest absolute Gasteiger partial charge is 0.496 e. The zero-order valence-electron chi connectivity index (χ0n) is 18.4. The highest BCUT2D eigenvalue weighted by molar-refractivity contribution is 5.44. The first-order valence-corrected chi connectivity index (χ1v) is 11.6. The Labute approximate surface area is 180 Å². The summed E-state index contributed by atoms with van der Waals surface area (Å²) in [7, 11) is 1.79. The summed E-state index contributed by atoms with van der Waals surface area (Å²) >= 11 is 0. The molecule has 3 aliphatic rings. The van der Waals surface area contributed by atoms with Crippen LogP contribution in [-0.4, -0.2) is 35.2 Å². The Morgan fingerprint density at radius 2 is 1.80 bits per heavy atom. The number of hydrogen-bond acceptors (Lipinski definition) is 4. The SMILES string of the molecule is COc1cc2c(cc1CN1CC3CCCC(C1)C3(O)c1ncccc1C)CCCC2. The van der Waals surface area contributed by atoms with E-state index in [4.69, 9.17) is 4.74 Å². The average molecular weight is 407 g/mol. The van der Waals surface area contributed by atoms with Crippen molar-refractivity contribution >= 4 is 0 Å². The van der Waals surface area contributed by atoms with Crippen molar-refractivity contribution in [3.05, 3.63) is 58.4 Å². The molecule has 2 fully saturated rings. The number of benzene rings is 1. The number of piperidine rings is 1. The van der Waals surface area contributed by atoms with Crippen LogP contribution in [0.2, 0.25) is 0 Å². The Kier molecular flexibility index (Phi) is 5.32. The first-order valence-electron chi connectivity index (χ1n) is 11.6. The van der Waals surface area contributed by atoms with Gasteiger partial charge in [0.05, 0.1) is 12.8 Å². The van der Waals surface area contributed by atoms with Gasteiger partial charge in [0, 0.05) is 43.2 Å². The van der Waals surface area contributed by atoms with Gasteiger partial charge in [-0.1, -0.05) is 18.6 Å². The molecule has 1 N–H and O–H groups in total. The van der Waals surface area contributed by atoms with Gasteiger partial charge in [0.15, 0.2) is 0 Å². The van der Waals surface area contributed by atoms with Gasteiger partial charge < -0.3 is 9.84 Å². The minimum atomic E-state index is -0.792. The van der Waals surface area contributed by atoms with Crippen molar-refractivity contribution in [2.24, 2.45) is 11.8 Å². The third-order valence-electron chi connectivity index (χ3n) is 7.83. The van der Waals surface area contributed by atoms with Gasteiger partial charge in [-0.2, -0.15) is 0 Å². The fourth-order valence-electron chi connectivity index (χ4n) is 6.33. The van der Waals surface area contributed by atoms with Gasteiger partial charge >= 0.3 is 0 Å². The molecule has 2 heterocycles. The molecule has 0 spiro atoms. The smallest absolute Gasteiger partial charge is 0.123 e. The minimum Gasteiger partial charge on any atom is -0.496 e. The fraction of sp³-hybridized carbons (Fsp3) is 0.577. The second-order valence-corrected chi connectivity index (χ2v) is 9.65. The maximum absolute atomic E-state index is 11.9. The molecule has 2 unspecified atom stereocenters. The number of fused-ring (bicyclic) bond motifs is 3. The second-order valence-electron chi connectivity index (χ2n) is 9.65. The minimum absolute atomic E-state index is 0.238. The van der Waals surface area contributed by atoms with Crippen molar-refractivity contribution in [2.75, 3.05) is 20.2 Å². The number of pyridine rings is 1. The van der Waals surface area contributed by atoms with E-state index in [0.29, 0.717) is 0 Å². The van der Waals surface area contributed by atoms with Crippen LogP contribution in [0.15, 0.2) is 30.5 Å². The molecule has 2 aliphatic carbocycles. The highest BCUT2D eigenvalue weighted by atomic mass is 16.5. The lowest BCUT2D eigenvalue weighted by atomic mass is 9.63. The third-order valence-corrected chi connectivity index (χ3v) is 7.83. The molecule has 5 rings (SSSR count). The first-order chi connectivity index (χ1) is 14.6. The lowest BCUT2D eigenvalue weighted by Crippen LogP contribution is -2.58. The molecule has 1 aromatic carbocycles. The van der Waals surface area contributed by atoms with E-state index in [1.165, 1.54) is 48.8 Å². The van der Waals surface area contributed by atoms with Crippen LogP contribution in [0.4, 0.5) is 0 Å². The van der Waals surface area contributed by atoms with Crippen molar-refractivity contribution in [2.45, 2.75) is 64.0 Å². The predicted molar refractivity (Wildman–Crippen MR) is 119 cm³/mol. The number of aryl methyl sites for hydroxylation is 3. The van der Waals surface area contributed by atoms with E-state index >= 15 is 0 Å². The number of rotatable bonds is 4.